The van der Waals surface area contributed by atoms with Gasteiger partial charge in [0.25, 0.3) is 11.5 Å². The monoisotopic (exact) mass is 417 g/mol. The number of H-pyrrole nitrogens is 1. The zero-order chi connectivity index (χ0) is 18.0. The number of carbonyl (C=O) groups is 1. The molecule has 5 nitrogen and oxygen atoms in total. The minimum atomic E-state index is -0.527. The van der Waals surface area contributed by atoms with E-state index >= 15 is 0 Å². The Balaban J connectivity index is 1.86. The normalized spacial score (nSPS) is 10.5. The lowest BCUT2D eigenvalue weighted by atomic mass is 10.2. The highest BCUT2D eigenvalue weighted by Crippen LogP contribution is 2.23. The van der Waals surface area contributed by atoms with Crippen molar-refractivity contribution in [3.05, 3.63) is 79.6 Å². The lowest BCUT2D eigenvalue weighted by molar-refractivity contribution is 0.102. The van der Waals surface area contributed by atoms with Crippen LogP contribution in [-0.2, 0) is 0 Å². The molecule has 0 radical (unpaired) electrons. The van der Waals surface area contributed by atoms with Crippen molar-refractivity contribution in [3.8, 4) is 11.4 Å². The number of aromatic nitrogens is 2. The number of anilines is 1. The first-order chi connectivity index (χ1) is 11.9. The van der Waals surface area contributed by atoms with Crippen LogP contribution in [0.15, 0.2) is 57.9 Å². The summed E-state index contributed by atoms with van der Waals surface area (Å²) >= 11 is 9.24. The molecule has 25 heavy (non-hydrogen) atoms. The summed E-state index contributed by atoms with van der Waals surface area (Å²) in [6.07, 6.45) is 1.26. The summed E-state index contributed by atoms with van der Waals surface area (Å²) in [5, 5.41) is 3.29. The van der Waals surface area contributed by atoms with Gasteiger partial charge in [-0.3, -0.25) is 9.59 Å². The Kier molecular flexibility index (Phi) is 5.01. The maximum Gasteiger partial charge on any atom is 0.264 e. The maximum atomic E-state index is 12.4. The number of hydrogen-bond donors (Lipinski definition) is 2. The summed E-state index contributed by atoms with van der Waals surface area (Å²) in [5.74, 6) is -0.157. The lowest BCUT2D eigenvalue weighted by Gasteiger charge is -2.08. The molecule has 1 heterocycles. The van der Waals surface area contributed by atoms with Crippen LogP contribution in [0.1, 0.15) is 15.9 Å². The molecule has 3 aromatic rings. The molecule has 1 amide bonds. The van der Waals surface area contributed by atoms with Gasteiger partial charge in [-0.05, 0) is 64.8 Å². The molecule has 1 aromatic heterocycles. The Hall–Kier alpha value is -2.44. The van der Waals surface area contributed by atoms with Crippen molar-refractivity contribution in [1.29, 1.82) is 0 Å². The van der Waals surface area contributed by atoms with E-state index in [0.717, 1.165) is 10.0 Å². The van der Waals surface area contributed by atoms with Crippen molar-refractivity contribution in [2.75, 3.05) is 5.32 Å². The SMILES string of the molecule is Cc1ccc(NC(=O)c2cnc(-c3ccc(Cl)cc3)[nH]c2=O)c(Br)c1. The van der Waals surface area contributed by atoms with E-state index in [4.69, 9.17) is 11.6 Å². The van der Waals surface area contributed by atoms with Gasteiger partial charge in [0.05, 0.1) is 5.69 Å². The van der Waals surface area contributed by atoms with E-state index < -0.39 is 11.5 Å². The first kappa shape index (κ1) is 17.4. The second-order valence-electron chi connectivity index (χ2n) is 5.42. The molecule has 0 fully saturated rings. The summed E-state index contributed by atoms with van der Waals surface area (Å²) in [4.78, 5) is 31.4. The molecule has 0 aliphatic heterocycles. The molecule has 2 N–H and O–H groups in total. The second-order valence-corrected chi connectivity index (χ2v) is 6.71. The minimum absolute atomic E-state index is 0.0646. The number of aryl methyl sites for hydroxylation is 1. The van der Waals surface area contributed by atoms with E-state index in [1.54, 1.807) is 30.3 Å². The van der Waals surface area contributed by atoms with E-state index in [2.05, 4.69) is 31.2 Å². The molecule has 0 bridgehead atoms. The van der Waals surface area contributed by atoms with Crippen molar-refractivity contribution >= 4 is 39.1 Å². The number of amides is 1. The summed E-state index contributed by atoms with van der Waals surface area (Å²) in [7, 11) is 0. The van der Waals surface area contributed by atoms with Crippen molar-refractivity contribution in [1.82, 2.24) is 9.97 Å². The topological polar surface area (TPSA) is 74.8 Å². The molecule has 0 aliphatic carbocycles. The van der Waals surface area contributed by atoms with Gasteiger partial charge in [0.1, 0.15) is 11.4 Å². The van der Waals surface area contributed by atoms with Gasteiger partial charge in [-0.25, -0.2) is 4.98 Å². The second kappa shape index (κ2) is 7.21. The molecular formula is C18H13BrClN3O2. The highest BCUT2D eigenvalue weighted by atomic mass is 79.9. The van der Waals surface area contributed by atoms with Gasteiger partial charge in [0, 0.05) is 21.3 Å². The highest BCUT2D eigenvalue weighted by Gasteiger charge is 2.14. The van der Waals surface area contributed by atoms with Gasteiger partial charge in [-0.2, -0.15) is 0 Å². The number of hydrogen-bond acceptors (Lipinski definition) is 3. The van der Waals surface area contributed by atoms with E-state index in [1.165, 1.54) is 6.20 Å². The fourth-order valence-electron chi connectivity index (χ4n) is 2.22. The quantitative estimate of drug-likeness (QED) is 0.661. The molecule has 2 aromatic carbocycles. The minimum Gasteiger partial charge on any atom is -0.321 e. The van der Waals surface area contributed by atoms with Crippen LogP contribution in [-0.4, -0.2) is 15.9 Å². The van der Waals surface area contributed by atoms with Crippen LogP contribution in [0.3, 0.4) is 0 Å². The van der Waals surface area contributed by atoms with Crippen LogP contribution in [0.4, 0.5) is 5.69 Å². The van der Waals surface area contributed by atoms with Gasteiger partial charge >= 0.3 is 0 Å². The molecular weight excluding hydrogens is 406 g/mol. The van der Waals surface area contributed by atoms with Crippen molar-refractivity contribution in [2.45, 2.75) is 6.92 Å². The Labute approximate surface area is 157 Å². The third-order valence-electron chi connectivity index (χ3n) is 3.53. The largest absolute Gasteiger partial charge is 0.321 e. The summed E-state index contributed by atoms with van der Waals surface area (Å²) < 4.78 is 0.739. The Morgan fingerprint density at radius 2 is 1.92 bits per heavy atom. The van der Waals surface area contributed by atoms with Crippen LogP contribution in [0.5, 0.6) is 0 Å². The van der Waals surface area contributed by atoms with E-state index in [1.807, 2.05) is 19.1 Å². The summed E-state index contributed by atoms with van der Waals surface area (Å²) in [6, 6.07) is 12.4. The van der Waals surface area contributed by atoms with E-state index in [9.17, 15) is 9.59 Å². The first-order valence-corrected chi connectivity index (χ1v) is 8.54. The Morgan fingerprint density at radius 3 is 2.56 bits per heavy atom. The molecule has 0 spiro atoms. The van der Waals surface area contributed by atoms with Gasteiger partial charge < -0.3 is 10.3 Å². The third kappa shape index (κ3) is 3.97. The average molecular weight is 419 g/mol. The fraction of sp³-hybridized carbons (Fsp3) is 0.0556. The van der Waals surface area contributed by atoms with Gasteiger partial charge in [0.2, 0.25) is 0 Å². The zero-order valence-electron chi connectivity index (χ0n) is 13.1. The maximum absolute atomic E-state index is 12.4. The standard InChI is InChI=1S/C18H13BrClN3O2/c1-10-2-7-15(14(19)8-10)22-17(24)13-9-21-16(23-18(13)25)11-3-5-12(20)6-4-11/h2-9H,1H3,(H,22,24)(H,21,23,25). The van der Waals surface area contributed by atoms with E-state index in [0.29, 0.717) is 22.1 Å². The predicted molar refractivity (Wildman–Crippen MR) is 102 cm³/mol. The van der Waals surface area contributed by atoms with Crippen LogP contribution >= 0.6 is 27.5 Å². The lowest BCUT2D eigenvalue weighted by Crippen LogP contribution is -2.24. The van der Waals surface area contributed by atoms with Crippen LogP contribution in [0.2, 0.25) is 5.02 Å². The molecule has 0 atom stereocenters. The number of benzene rings is 2. The number of carbonyl (C=O) groups excluding carboxylic acids is 1. The van der Waals surface area contributed by atoms with E-state index in [-0.39, 0.29) is 5.56 Å². The van der Waals surface area contributed by atoms with Crippen molar-refractivity contribution < 1.29 is 4.79 Å². The molecule has 0 saturated carbocycles. The fourth-order valence-corrected chi connectivity index (χ4v) is 2.94. The molecule has 0 unspecified atom stereocenters. The molecule has 3 rings (SSSR count). The Morgan fingerprint density at radius 1 is 1.20 bits per heavy atom. The average Bonchev–Trinajstić information content (AvgIpc) is 2.58. The number of rotatable bonds is 3. The van der Waals surface area contributed by atoms with Gasteiger partial charge in [0.15, 0.2) is 0 Å². The predicted octanol–water partition coefficient (Wildman–Crippen LogP) is 4.41. The molecule has 126 valence electrons. The first-order valence-electron chi connectivity index (χ1n) is 7.37. The smallest absolute Gasteiger partial charge is 0.264 e. The van der Waals surface area contributed by atoms with Crippen LogP contribution in [0.25, 0.3) is 11.4 Å². The number of nitrogens with one attached hydrogen (secondary N) is 2. The molecule has 7 heteroatoms. The van der Waals surface area contributed by atoms with Crippen molar-refractivity contribution in [3.63, 3.8) is 0 Å². The number of halogens is 2. The van der Waals surface area contributed by atoms with Crippen molar-refractivity contribution in [2.24, 2.45) is 0 Å². The molecule has 0 saturated heterocycles. The summed E-state index contributed by atoms with van der Waals surface area (Å²) in [6.45, 7) is 1.94. The molecule has 0 aliphatic rings. The van der Waals surface area contributed by atoms with Gasteiger partial charge in [-0.15, -0.1) is 0 Å². The zero-order valence-corrected chi connectivity index (χ0v) is 15.5. The number of nitrogens with zero attached hydrogens (tertiary/aromatic N) is 1. The van der Waals surface area contributed by atoms with Crippen LogP contribution < -0.4 is 10.9 Å². The number of aromatic amines is 1. The summed E-state index contributed by atoms with van der Waals surface area (Å²) in [5.41, 5.74) is 1.76. The van der Waals surface area contributed by atoms with Gasteiger partial charge in [-0.1, -0.05) is 17.7 Å². The third-order valence-corrected chi connectivity index (χ3v) is 4.44. The van der Waals surface area contributed by atoms with Crippen LogP contribution in [0, 0.1) is 6.92 Å². The highest BCUT2D eigenvalue weighted by molar-refractivity contribution is 9.10. The Bertz CT molecular complexity index is 1000.